The van der Waals surface area contributed by atoms with Gasteiger partial charge in [0.25, 0.3) is 0 Å². The number of nitrogens with zero attached hydrogens (tertiary/aromatic N) is 2. The number of hydrogen-bond acceptors (Lipinski definition) is 6. The monoisotopic (exact) mass is 555 g/mol. The minimum absolute atomic E-state index is 0.0314. The Balaban J connectivity index is 1.27. The number of Topliss-reactive ketones (excluding diaryl/α,β-unsaturated/α-hetero) is 1. The van der Waals surface area contributed by atoms with E-state index in [1.54, 1.807) is 7.11 Å². The SMILES string of the molecule is COc1cccc(CN2CCN(CC(=O)NC3CC(=O)c4c(Br)sc(Br)c43)CC2)c1. The highest BCUT2D eigenvalue weighted by Crippen LogP contribution is 2.46. The number of fused-ring (bicyclic) bond motifs is 1. The van der Waals surface area contributed by atoms with E-state index in [2.05, 4.69) is 59.1 Å². The van der Waals surface area contributed by atoms with Crippen molar-refractivity contribution in [2.24, 2.45) is 0 Å². The number of amides is 1. The summed E-state index contributed by atoms with van der Waals surface area (Å²) in [6.07, 6.45) is 0.329. The predicted molar refractivity (Wildman–Crippen MR) is 124 cm³/mol. The zero-order chi connectivity index (χ0) is 21.3. The molecule has 1 unspecified atom stereocenters. The second kappa shape index (κ2) is 9.48. The molecule has 0 spiro atoms. The first kappa shape index (κ1) is 22.0. The summed E-state index contributed by atoms with van der Waals surface area (Å²) in [7, 11) is 1.68. The third kappa shape index (κ3) is 4.80. The summed E-state index contributed by atoms with van der Waals surface area (Å²) in [5.41, 5.74) is 2.85. The highest BCUT2D eigenvalue weighted by Gasteiger charge is 2.36. The van der Waals surface area contributed by atoms with Crippen LogP contribution in [0.25, 0.3) is 0 Å². The van der Waals surface area contributed by atoms with Gasteiger partial charge in [-0.05, 0) is 49.6 Å². The molecule has 9 heteroatoms. The number of ketones is 1. The number of rotatable bonds is 6. The molecule has 2 aromatic rings. The fraction of sp³-hybridized carbons (Fsp3) is 0.429. The Hall–Kier alpha value is -1.26. The normalized spacial score (nSPS) is 19.7. The highest BCUT2D eigenvalue weighted by atomic mass is 79.9. The fourth-order valence-electron chi connectivity index (χ4n) is 4.05. The smallest absolute Gasteiger partial charge is 0.234 e. The Bertz CT molecular complexity index is 957. The fourth-order valence-corrected chi connectivity index (χ4v) is 7.42. The molecule has 0 bridgehead atoms. The highest BCUT2D eigenvalue weighted by molar-refractivity contribution is 9.12. The van der Waals surface area contributed by atoms with Gasteiger partial charge in [0.1, 0.15) is 5.75 Å². The number of piperazine rings is 1. The quantitative estimate of drug-likeness (QED) is 0.585. The number of hydrogen-bond donors (Lipinski definition) is 1. The third-order valence-corrected chi connectivity index (χ3v) is 8.16. The van der Waals surface area contributed by atoms with Gasteiger partial charge in [-0.25, -0.2) is 0 Å². The number of nitrogens with one attached hydrogen (secondary N) is 1. The standard InChI is InChI=1S/C21H23Br2N3O3S/c1-29-14-4-2-3-13(9-14)11-25-5-7-26(8-6-25)12-17(28)24-15-10-16(27)19-18(15)20(22)30-21(19)23/h2-4,9,15H,5-8,10-12H2,1H3,(H,24,28). The van der Waals surface area contributed by atoms with E-state index in [4.69, 9.17) is 4.74 Å². The minimum Gasteiger partial charge on any atom is -0.497 e. The number of carbonyl (C=O) groups is 2. The van der Waals surface area contributed by atoms with Gasteiger partial charge in [0.2, 0.25) is 5.91 Å². The van der Waals surface area contributed by atoms with Crippen LogP contribution in [0, 0.1) is 0 Å². The van der Waals surface area contributed by atoms with Crippen LogP contribution in [0.1, 0.15) is 33.9 Å². The predicted octanol–water partition coefficient (Wildman–Crippen LogP) is 3.84. The number of methoxy groups -OCH3 is 1. The third-order valence-electron chi connectivity index (χ3n) is 5.58. The maximum atomic E-state index is 12.6. The number of carbonyl (C=O) groups excluding carboxylic acids is 2. The number of thiophene rings is 1. The molecule has 30 heavy (non-hydrogen) atoms. The first-order valence-corrected chi connectivity index (χ1v) is 12.2. The van der Waals surface area contributed by atoms with Crippen molar-refractivity contribution in [2.75, 3.05) is 39.8 Å². The Labute approximate surface area is 196 Å². The van der Waals surface area contributed by atoms with Gasteiger partial charge in [-0.2, -0.15) is 0 Å². The molecule has 1 aliphatic heterocycles. The van der Waals surface area contributed by atoms with Gasteiger partial charge >= 0.3 is 0 Å². The van der Waals surface area contributed by atoms with E-state index >= 15 is 0 Å². The molecule has 6 nitrogen and oxygen atoms in total. The van der Waals surface area contributed by atoms with Crippen molar-refractivity contribution in [2.45, 2.75) is 19.0 Å². The summed E-state index contributed by atoms with van der Waals surface area (Å²) in [5.74, 6) is 0.923. The van der Waals surface area contributed by atoms with Crippen LogP contribution in [0.4, 0.5) is 0 Å². The van der Waals surface area contributed by atoms with Crippen LogP contribution in [0.3, 0.4) is 0 Å². The lowest BCUT2D eigenvalue weighted by molar-refractivity contribution is -0.123. The molecule has 1 aromatic carbocycles. The maximum absolute atomic E-state index is 12.6. The largest absolute Gasteiger partial charge is 0.497 e. The lowest BCUT2D eigenvalue weighted by Gasteiger charge is -2.34. The van der Waals surface area contributed by atoms with Crippen LogP contribution in [0.5, 0.6) is 5.75 Å². The summed E-state index contributed by atoms with van der Waals surface area (Å²) >= 11 is 8.47. The Kier molecular flexibility index (Phi) is 6.94. The van der Waals surface area contributed by atoms with E-state index < -0.39 is 0 Å². The van der Waals surface area contributed by atoms with Gasteiger partial charge < -0.3 is 10.1 Å². The van der Waals surface area contributed by atoms with E-state index in [0.29, 0.717) is 18.5 Å². The van der Waals surface area contributed by atoms with Crippen LogP contribution in [0.15, 0.2) is 31.8 Å². The van der Waals surface area contributed by atoms with Crippen LogP contribution in [0.2, 0.25) is 0 Å². The summed E-state index contributed by atoms with van der Waals surface area (Å²) in [4.78, 5) is 29.5. The number of ether oxygens (including phenoxy) is 1. The van der Waals surface area contributed by atoms with Crippen molar-refractivity contribution in [3.63, 3.8) is 0 Å². The van der Waals surface area contributed by atoms with Crippen molar-refractivity contribution >= 4 is 54.9 Å². The van der Waals surface area contributed by atoms with Gasteiger partial charge in [0, 0.05) is 50.3 Å². The maximum Gasteiger partial charge on any atom is 0.234 e. The Morgan fingerprint density at radius 3 is 2.67 bits per heavy atom. The molecule has 2 heterocycles. The number of halogens is 2. The molecular formula is C21H23Br2N3O3S. The zero-order valence-electron chi connectivity index (χ0n) is 16.6. The second-order valence-corrected chi connectivity index (χ2v) is 11.2. The molecule has 1 amide bonds. The molecule has 1 atom stereocenters. The lowest BCUT2D eigenvalue weighted by atomic mass is 10.1. The molecule has 1 aliphatic carbocycles. The molecule has 1 N–H and O–H groups in total. The topological polar surface area (TPSA) is 61.9 Å². The first-order valence-electron chi connectivity index (χ1n) is 9.82. The van der Waals surface area contributed by atoms with E-state index in [1.165, 1.54) is 16.9 Å². The molecular weight excluding hydrogens is 534 g/mol. The van der Waals surface area contributed by atoms with Crippen molar-refractivity contribution in [3.8, 4) is 5.75 Å². The van der Waals surface area contributed by atoms with Gasteiger partial charge in [-0.1, -0.05) is 12.1 Å². The van der Waals surface area contributed by atoms with Crippen molar-refractivity contribution < 1.29 is 14.3 Å². The van der Waals surface area contributed by atoms with Crippen LogP contribution < -0.4 is 10.1 Å². The Morgan fingerprint density at radius 2 is 1.93 bits per heavy atom. The van der Waals surface area contributed by atoms with Crippen molar-refractivity contribution in [1.82, 2.24) is 15.1 Å². The zero-order valence-corrected chi connectivity index (χ0v) is 20.6. The summed E-state index contributed by atoms with van der Waals surface area (Å²) in [6, 6.07) is 7.90. The molecule has 2 aliphatic rings. The summed E-state index contributed by atoms with van der Waals surface area (Å²) in [6.45, 7) is 4.76. The second-order valence-electron chi connectivity index (χ2n) is 7.59. The Morgan fingerprint density at radius 1 is 1.20 bits per heavy atom. The first-order chi connectivity index (χ1) is 14.4. The van der Waals surface area contributed by atoms with E-state index in [9.17, 15) is 9.59 Å². The van der Waals surface area contributed by atoms with Crippen molar-refractivity contribution in [3.05, 3.63) is 48.5 Å². The van der Waals surface area contributed by atoms with Gasteiger partial charge in [0.15, 0.2) is 5.78 Å². The molecule has 1 fully saturated rings. The van der Waals surface area contributed by atoms with E-state index in [1.807, 2.05) is 12.1 Å². The van der Waals surface area contributed by atoms with E-state index in [0.717, 1.165) is 51.6 Å². The van der Waals surface area contributed by atoms with Gasteiger partial charge in [-0.15, -0.1) is 11.3 Å². The molecule has 1 saturated heterocycles. The van der Waals surface area contributed by atoms with Gasteiger partial charge in [-0.3, -0.25) is 19.4 Å². The average molecular weight is 557 g/mol. The molecule has 1 aromatic heterocycles. The van der Waals surface area contributed by atoms with Crippen molar-refractivity contribution in [1.29, 1.82) is 0 Å². The van der Waals surface area contributed by atoms with Gasteiger partial charge in [0.05, 0.1) is 27.3 Å². The average Bonchev–Trinajstić information content (AvgIpc) is 3.21. The summed E-state index contributed by atoms with van der Waals surface area (Å²) < 4.78 is 7.04. The van der Waals surface area contributed by atoms with Crippen LogP contribution in [-0.2, 0) is 11.3 Å². The number of benzene rings is 1. The van der Waals surface area contributed by atoms with E-state index in [-0.39, 0.29) is 17.7 Å². The summed E-state index contributed by atoms with van der Waals surface area (Å²) in [5, 5.41) is 3.06. The molecule has 0 saturated carbocycles. The van der Waals surface area contributed by atoms with Crippen LogP contribution >= 0.6 is 43.2 Å². The molecule has 0 radical (unpaired) electrons. The molecule has 4 rings (SSSR count). The minimum atomic E-state index is -0.244. The van der Waals surface area contributed by atoms with Crippen LogP contribution in [-0.4, -0.2) is 61.3 Å². The lowest BCUT2D eigenvalue weighted by Crippen LogP contribution is -2.49. The molecule has 160 valence electrons.